The molecule has 0 aliphatic heterocycles. The molecule has 1 aromatic rings. The van der Waals surface area contributed by atoms with E-state index < -0.39 is 20.6 Å². The van der Waals surface area contributed by atoms with Crippen LogP contribution in [0.15, 0.2) is 18.2 Å². The molecule has 138 valence electrons. The van der Waals surface area contributed by atoms with Crippen LogP contribution in [0.2, 0.25) is 0 Å². The summed E-state index contributed by atoms with van der Waals surface area (Å²) in [7, 11) is -1.17. The van der Waals surface area contributed by atoms with Gasteiger partial charge < -0.3 is 4.74 Å². The van der Waals surface area contributed by atoms with Gasteiger partial charge in [-0.05, 0) is 34.6 Å². The topological polar surface area (TPSA) is 72.8 Å². The van der Waals surface area contributed by atoms with Crippen LogP contribution in [0, 0.1) is 0 Å². The summed E-state index contributed by atoms with van der Waals surface area (Å²) >= 11 is 0. The van der Waals surface area contributed by atoms with Crippen LogP contribution >= 0.6 is 8.25 Å². The monoisotopic (exact) mass is 367 g/mol. The molecule has 1 atom stereocenters. The Morgan fingerprint density at radius 2 is 1.76 bits per heavy atom. The Labute approximate surface area is 151 Å². The van der Waals surface area contributed by atoms with E-state index in [2.05, 4.69) is 52.1 Å². The fourth-order valence-corrected chi connectivity index (χ4v) is 2.58. The number of ketones is 1. The smallest absolute Gasteiger partial charge is 0.496 e. The molecule has 0 saturated carbocycles. The van der Waals surface area contributed by atoms with Gasteiger partial charge in [0, 0.05) is 15.7 Å². The largest absolute Gasteiger partial charge is 0.695 e. The highest BCUT2D eigenvalue weighted by molar-refractivity contribution is 7.32. The molecule has 25 heavy (non-hydrogen) atoms. The number of methoxy groups -OCH3 is 1. The van der Waals surface area contributed by atoms with Crippen LogP contribution in [-0.4, -0.2) is 24.4 Å². The van der Waals surface area contributed by atoms with Gasteiger partial charge in [-0.15, -0.1) is 9.42 Å². The highest BCUT2D eigenvalue weighted by Gasteiger charge is 2.25. The fourth-order valence-electron chi connectivity index (χ4n) is 2.34. The van der Waals surface area contributed by atoms with Crippen LogP contribution < -0.4 is 4.74 Å². The van der Waals surface area contributed by atoms with Crippen molar-refractivity contribution in [3.05, 3.63) is 34.9 Å². The lowest BCUT2D eigenvalue weighted by atomic mass is 9.79. The molecule has 5 nitrogen and oxygen atoms in total. The molecule has 0 heterocycles. The second-order valence-electron chi connectivity index (χ2n) is 7.96. The Bertz CT molecular complexity index is 678. The lowest BCUT2D eigenvalue weighted by Gasteiger charge is -2.28. The Morgan fingerprint density at radius 3 is 2.20 bits per heavy atom. The number of rotatable bonds is 6. The molecule has 0 bridgehead atoms. The van der Waals surface area contributed by atoms with Crippen LogP contribution in [0.4, 0.5) is 0 Å². The van der Waals surface area contributed by atoms with Crippen LogP contribution in [-0.2, 0) is 24.7 Å². The highest BCUT2D eigenvalue weighted by Crippen LogP contribution is 2.38. The van der Waals surface area contributed by atoms with E-state index in [-0.39, 0.29) is 10.8 Å². The maximum absolute atomic E-state index is 11.8. The van der Waals surface area contributed by atoms with Gasteiger partial charge in [0.25, 0.3) is 0 Å². The van der Waals surface area contributed by atoms with E-state index in [4.69, 9.17) is 9.63 Å². The number of hydrogen-bond donors (Lipinski definition) is 1. The van der Waals surface area contributed by atoms with Crippen molar-refractivity contribution in [3.8, 4) is 5.75 Å². The minimum absolute atomic E-state index is 0.0583. The first-order valence-corrected chi connectivity index (χ1v) is 9.22. The molecule has 1 aromatic carbocycles. The van der Waals surface area contributed by atoms with E-state index in [0.29, 0.717) is 0 Å². The van der Waals surface area contributed by atoms with Gasteiger partial charge in [0.15, 0.2) is 12.4 Å². The van der Waals surface area contributed by atoms with Crippen molar-refractivity contribution in [2.75, 3.05) is 13.7 Å². The summed E-state index contributed by atoms with van der Waals surface area (Å²) in [6.45, 7) is 12.3. The molecular weight excluding hydrogens is 339 g/mol. The number of hydrogen-bond acceptors (Lipinski definition) is 4. The normalized spacial score (nSPS) is 13.2. The zero-order valence-electron chi connectivity index (χ0n) is 16.0. The van der Waals surface area contributed by atoms with Crippen LogP contribution in [0.1, 0.15) is 58.2 Å². The molecule has 1 unspecified atom stereocenters. The molecule has 0 spiro atoms. The molecule has 6 heteroatoms. The lowest BCUT2D eigenvalue weighted by molar-refractivity contribution is -0.116. The first-order valence-electron chi connectivity index (χ1n) is 8.09. The third-order valence-corrected chi connectivity index (χ3v) is 4.11. The first-order chi connectivity index (χ1) is 11.4. The van der Waals surface area contributed by atoms with Gasteiger partial charge >= 0.3 is 8.25 Å². The number of benzene rings is 1. The predicted octanol–water partition coefficient (Wildman–Crippen LogP) is 4.54. The van der Waals surface area contributed by atoms with Crippen LogP contribution in [0.3, 0.4) is 0 Å². The van der Waals surface area contributed by atoms with Crippen molar-refractivity contribution in [2.24, 2.45) is 0 Å². The number of carbonyl (C=O) groups excluding carboxylic acids is 1. The second kappa shape index (κ2) is 8.22. The van der Waals surface area contributed by atoms with E-state index in [1.807, 2.05) is 6.07 Å². The summed E-state index contributed by atoms with van der Waals surface area (Å²) in [5.74, 6) is 0.330. The van der Waals surface area contributed by atoms with E-state index in [9.17, 15) is 9.36 Å². The van der Waals surface area contributed by atoms with Crippen molar-refractivity contribution in [2.45, 2.75) is 52.4 Å². The summed E-state index contributed by atoms with van der Waals surface area (Å²) in [5, 5.41) is 0. The summed E-state index contributed by atoms with van der Waals surface area (Å²) < 4.78 is 20.6. The number of ether oxygens (including phenoxy) is 1. The third kappa shape index (κ3) is 6.35. The Morgan fingerprint density at radius 1 is 1.16 bits per heavy atom. The quantitative estimate of drug-likeness (QED) is 0.590. The summed E-state index contributed by atoms with van der Waals surface area (Å²) in [5.41, 5.74) is 2.81. The fraction of sp³-hybridized carbons (Fsp3) is 0.526. The van der Waals surface area contributed by atoms with Crippen molar-refractivity contribution in [1.82, 2.24) is 0 Å². The Hall–Kier alpha value is -1.55. The molecule has 0 amide bonds. The SMILES string of the molecule is COc1c(/C=C/C(=O)CO[P+](=O)O)cc(C(C)(C)C)cc1C(C)(C)C. The van der Waals surface area contributed by atoms with Crippen molar-refractivity contribution >= 4 is 20.1 Å². The zero-order valence-corrected chi connectivity index (χ0v) is 16.9. The number of carbonyl (C=O) groups is 1. The molecule has 0 saturated heterocycles. The van der Waals surface area contributed by atoms with Gasteiger partial charge in [0.1, 0.15) is 5.75 Å². The lowest BCUT2D eigenvalue weighted by Crippen LogP contribution is -2.18. The van der Waals surface area contributed by atoms with Crippen LogP contribution in [0.5, 0.6) is 5.75 Å². The van der Waals surface area contributed by atoms with Gasteiger partial charge in [-0.3, -0.25) is 4.79 Å². The maximum atomic E-state index is 11.8. The van der Waals surface area contributed by atoms with E-state index >= 15 is 0 Å². The van der Waals surface area contributed by atoms with Gasteiger partial charge in [0.2, 0.25) is 0 Å². The summed E-state index contributed by atoms with van der Waals surface area (Å²) in [6.07, 6.45) is 3.01. The zero-order chi connectivity index (χ0) is 19.4. The molecule has 1 rings (SSSR count). The standard InChI is InChI=1S/C19H27O5P/c1-18(2,3)14-10-13(8-9-15(20)12-24-25(21)22)17(23-7)16(11-14)19(4,5)6/h8-11H,12H2,1-7H3/p+1/b9-8+. The predicted molar refractivity (Wildman–Crippen MR) is 100 cm³/mol. The average molecular weight is 367 g/mol. The molecule has 0 aliphatic carbocycles. The average Bonchev–Trinajstić information content (AvgIpc) is 2.47. The molecule has 0 radical (unpaired) electrons. The Kier molecular flexibility index (Phi) is 7.07. The van der Waals surface area contributed by atoms with E-state index in [1.165, 1.54) is 6.08 Å². The van der Waals surface area contributed by atoms with Gasteiger partial charge in [0.05, 0.1) is 7.11 Å². The maximum Gasteiger partial charge on any atom is 0.695 e. The first kappa shape index (κ1) is 21.5. The van der Waals surface area contributed by atoms with Gasteiger partial charge in [-0.25, -0.2) is 0 Å². The molecule has 0 aromatic heterocycles. The molecule has 0 aliphatic rings. The minimum atomic E-state index is -2.78. The molecular formula is C19H28O5P+. The van der Waals surface area contributed by atoms with Crippen molar-refractivity contribution < 1.29 is 23.5 Å². The molecule has 0 fully saturated rings. The van der Waals surface area contributed by atoms with Crippen molar-refractivity contribution in [1.29, 1.82) is 0 Å². The van der Waals surface area contributed by atoms with Gasteiger partial charge in [-0.2, -0.15) is 0 Å². The van der Waals surface area contributed by atoms with Crippen molar-refractivity contribution in [3.63, 3.8) is 0 Å². The summed E-state index contributed by atoms with van der Waals surface area (Å²) in [6, 6.07) is 4.16. The third-order valence-electron chi connectivity index (χ3n) is 3.76. The second-order valence-corrected chi connectivity index (χ2v) is 8.69. The van der Waals surface area contributed by atoms with E-state index in [1.54, 1.807) is 13.2 Å². The molecule has 1 N–H and O–H groups in total. The van der Waals surface area contributed by atoms with E-state index in [0.717, 1.165) is 22.4 Å². The van der Waals surface area contributed by atoms with Crippen LogP contribution in [0.25, 0.3) is 6.08 Å². The Balaban J connectivity index is 3.37. The summed E-state index contributed by atoms with van der Waals surface area (Å²) in [4.78, 5) is 20.4. The highest BCUT2D eigenvalue weighted by atomic mass is 31.1. The van der Waals surface area contributed by atoms with Gasteiger partial charge in [-0.1, -0.05) is 47.6 Å². The minimum Gasteiger partial charge on any atom is -0.496 e.